The number of thioether (sulfide) groups is 1. The first kappa shape index (κ1) is 22.4. The fraction of sp³-hybridized carbons (Fsp3) is 0.391. The average molecular weight is 460 g/mol. The molecule has 170 valence electrons. The number of ether oxygens (including phenoxy) is 2. The molecule has 32 heavy (non-hydrogen) atoms. The first-order valence-electron chi connectivity index (χ1n) is 10.3. The zero-order valence-corrected chi connectivity index (χ0v) is 19.0. The Morgan fingerprint density at radius 1 is 1.25 bits per heavy atom. The van der Waals surface area contributed by atoms with Gasteiger partial charge in [-0.2, -0.15) is 11.8 Å². The maximum absolute atomic E-state index is 14.2. The van der Waals surface area contributed by atoms with Crippen molar-refractivity contribution in [2.24, 2.45) is 5.92 Å². The SMILES string of the molecule is COc1ccc(OC)c(NC(=O)C2CC(CCSC)NC23C(=O)Nc2ccc(F)cc23)c1. The summed E-state index contributed by atoms with van der Waals surface area (Å²) >= 11 is 1.70. The van der Waals surface area contributed by atoms with Crippen LogP contribution in [-0.2, 0) is 15.1 Å². The first-order valence-corrected chi connectivity index (χ1v) is 11.7. The summed E-state index contributed by atoms with van der Waals surface area (Å²) in [5.74, 6) is 0.0229. The molecule has 2 aromatic carbocycles. The van der Waals surface area contributed by atoms with Gasteiger partial charge in [0.05, 0.1) is 25.8 Å². The number of rotatable bonds is 7. The van der Waals surface area contributed by atoms with Crippen molar-refractivity contribution in [1.82, 2.24) is 5.32 Å². The number of halogens is 1. The van der Waals surface area contributed by atoms with Crippen LogP contribution in [0.5, 0.6) is 11.5 Å². The third-order valence-electron chi connectivity index (χ3n) is 6.14. The van der Waals surface area contributed by atoms with Crippen LogP contribution in [0.25, 0.3) is 0 Å². The lowest BCUT2D eigenvalue weighted by molar-refractivity contribution is -0.130. The Labute approximate surface area is 190 Å². The van der Waals surface area contributed by atoms with Crippen molar-refractivity contribution in [3.63, 3.8) is 0 Å². The highest BCUT2D eigenvalue weighted by Crippen LogP contribution is 2.48. The lowest BCUT2D eigenvalue weighted by atomic mass is 9.79. The van der Waals surface area contributed by atoms with E-state index in [2.05, 4.69) is 16.0 Å². The van der Waals surface area contributed by atoms with Gasteiger partial charge in [0.2, 0.25) is 11.8 Å². The molecule has 7 nitrogen and oxygen atoms in total. The van der Waals surface area contributed by atoms with Crippen LogP contribution in [0.4, 0.5) is 15.8 Å². The Hall–Kier alpha value is -2.78. The number of benzene rings is 2. The van der Waals surface area contributed by atoms with Crippen LogP contribution >= 0.6 is 11.8 Å². The molecular formula is C23H26FN3O4S. The second-order valence-corrected chi connectivity index (χ2v) is 8.90. The summed E-state index contributed by atoms with van der Waals surface area (Å²) in [6, 6.07) is 9.21. The van der Waals surface area contributed by atoms with Gasteiger partial charge < -0.3 is 20.1 Å². The van der Waals surface area contributed by atoms with Gasteiger partial charge in [0.25, 0.3) is 0 Å². The third kappa shape index (κ3) is 3.80. The average Bonchev–Trinajstić information content (AvgIpc) is 3.31. The van der Waals surface area contributed by atoms with Gasteiger partial charge in [0.15, 0.2) is 0 Å². The van der Waals surface area contributed by atoms with Crippen molar-refractivity contribution < 1.29 is 23.5 Å². The quantitative estimate of drug-likeness (QED) is 0.589. The second kappa shape index (κ2) is 8.99. The lowest BCUT2D eigenvalue weighted by Gasteiger charge is -2.29. The summed E-state index contributed by atoms with van der Waals surface area (Å²) in [5, 5.41) is 9.13. The molecule has 3 atom stereocenters. The van der Waals surface area contributed by atoms with Crippen molar-refractivity contribution in [3.05, 3.63) is 47.8 Å². The van der Waals surface area contributed by atoms with Gasteiger partial charge in [-0.25, -0.2) is 4.39 Å². The molecule has 3 unspecified atom stereocenters. The van der Waals surface area contributed by atoms with Crippen LogP contribution in [0, 0.1) is 11.7 Å². The molecular weight excluding hydrogens is 433 g/mol. The molecule has 2 aliphatic rings. The molecule has 1 saturated heterocycles. The van der Waals surface area contributed by atoms with Crippen molar-refractivity contribution in [1.29, 1.82) is 0 Å². The zero-order chi connectivity index (χ0) is 22.9. The maximum Gasteiger partial charge on any atom is 0.250 e. The van der Waals surface area contributed by atoms with Crippen LogP contribution in [0.15, 0.2) is 36.4 Å². The van der Waals surface area contributed by atoms with E-state index in [0.717, 1.165) is 12.2 Å². The number of fused-ring (bicyclic) bond motifs is 2. The van der Waals surface area contributed by atoms with Crippen LogP contribution in [-0.4, -0.2) is 44.1 Å². The van der Waals surface area contributed by atoms with E-state index in [0.29, 0.717) is 34.9 Å². The molecule has 2 aromatic rings. The molecule has 2 amide bonds. The van der Waals surface area contributed by atoms with Gasteiger partial charge in [-0.15, -0.1) is 0 Å². The summed E-state index contributed by atoms with van der Waals surface area (Å²) < 4.78 is 24.8. The third-order valence-corrected chi connectivity index (χ3v) is 6.78. The van der Waals surface area contributed by atoms with E-state index >= 15 is 0 Å². The van der Waals surface area contributed by atoms with E-state index < -0.39 is 17.3 Å². The molecule has 3 N–H and O–H groups in total. The van der Waals surface area contributed by atoms with Crippen LogP contribution in [0.3, 0.4) is 0 Å². The molecule has 4 rings (SSSR count). The lowest BCUT2D eigenvalue weighted by Crippen LogP contribution is -2.52. The summed E-state index contributed by atoms with van der Waals surface area (Å²) in [6.45, 7) is 0. The summed E-state index contributed by atoms with van der Waals surface area (Å²) in [4.78, 5) is 26.8. The highest BCUT2D eigenvalue weighted by molar-refractivity contribution is 7.98. The minimum atomic E-state index is -1.34. The van der Waals surface area contributed by atoms with Crippen molar-refractivity contribution in [2.75, 3.05) is 36.9 Å². The Bertz CT molecular complexity index is 1050. The second-order valence-electron chi connectivity index (χ2n) is 7.92. The minimum absolute atomic E-state index is 0.0645. The monoisotopic (exact) mass is 459 g/mol. The molecule has 2 heterocycles. The topological polar surface area (TPSA) is 88.7 Å². The Balaban J connectivity index is 1.72. The predicted octanol–water partition coefficient (Wildman–Crippen LogP) is 3.36. The number of hydrogen-bond acceptors (Lipinski definition) is 6. The molecule has 0 bridgehead atoms. The molecule has 0 aromatic heterocycles. The van der Waals surface area contributed by atoms with E-state index in [1.54, 1.807) is 30.0 Å². The van der Waals surface area contributed by atoms with Gasteiger partial charge in [-0.1, -0.05) is 0 Å². The minimum Gasteiger partial charge on any atom is -0.497 e. The number of nitrogens with one attached hydrogen (secondary N) is 3. The zero-order valence-electron chi connectivity index (χ0n) is 18.2. The normalized spacial score (nSPS) is 23.7. The number of carbonyl (C=O) groups excluding carboxylic acids is 2. The van der Waals surface area contributed by atoms with E-state index in [1.807, 2.05) is 6.26 Å². The summed E-state index contributed by atoms with van der Waals surface area (Å²) in [7, 11) is 3.05. The van der Waals surface area contributed by atoms with E-state index in [9.17, 15) is 14.0 Å². The smallest absolute Gasteiger partial charge is 0.250 e. The Kier molecular flexibility index (Phi) is 6.30. The molecule has 9 heteroatoms. The van der Waals surface area contributed by atoms with Gasteiger partial charge in [-0.3, -0.25) is 14.9 Å². The molecule has 0 saturated carbocycles. The molecule has 0 aliphatic carbocycles. The fourth-order valence-electron chi connectivity index (χ4n) is 4.61. The first-order chi connectivity index (χ1) is 15.4. The largest absolute Gasteiger partial charge is 0.497 e. The van der Waals surface area contributed by atoms with E-state index in [-0.39, 0.29) is 17.9 Å². The maximum atomic E-state index is 14.2. The Morgan fingerprint density at radius 2 is 2.06 bits per heavy atom. The predicted molar refractivity (Wildman–Crippen MR) is 123 cm³/mol. The summed E-state index contributed by atoms with van der Waals surface area (Å²) in [5.41, 5.74) is 0.0898. The van der Waals surface area contributed by atoms with Gasteiger partial charge >= 0.3 is 0 Å². The van der Waals surface area contributed by atoms with Gasteiger partial charge in [0, 0.05) is 23.4 Å². The Morgan fingerprint density at radius 3 is 2.78 bits per heavy atom. The number of hydrogen-bond donors (Lipinski definition) is 3. The molecule has 0 radical (unpaired) electrons. The van der Waals surface area contributed by atoms with Crippen molar-refractivity contribution >= 4 is 35.0 Å². The summed E-state index contributed by atoms with van der Waals surface area (Å²) in [6.07, 6.45) is 3.24. The van der Waals surface area contributed by atoms with E-state index in [4.69, 9.17) is 9.47 Å². The molecule has 1 fully saturated rings. The molecule has 2 aliphatic heterocycles. The van der Waals surface area contributed by atoms with E-state index in [1.165, 1.54) is 32.4 Å². The fourth-order valence-corrected chi connectivity index (χ4v) is 5.13. The highest BCUT2D eigenvalue weighted by Gasteiger charge is 2.60. The number of amides is 2. The van der Waals surface area contributed by atoms with Crippen molar-refractivity contribution in [3.8, 4) is 11.5 Å². The molecule has 1 spiro atoms. The highest BCUT2D eigenvalue weighted by atomic mass is 32.2. The van der Waals surface area contributed by atoms with Crippen LogP contribution < -0.4 is 25.4 Å². The van der Waals surface area contributed by atoms with Crippen molar-refractivity contribution in [2.45, 2.75) is 24.4 Å². The van der Waals surface area contributed by atoms with Crippen LogP contribution in [0.2, 0.25) is 0 Å². The standard InChI is InChI=1S/C23H26FN3O4S/c1-30-15-5-7-20(31-2)19(12-15)25-21(28)17-11-14(8-9-32-3)27-23(17)16-10-13(24)4-6-18(16)26-22(23)29/h4-7,10,12,14,17,27H,8-9,11H2,1-3H3,(H,25,28)(H,26,29). The van der Waals surface area contributed by atoms with Gasteiger partial charge in [-0.05, 0) is 55.2 Å². The van der Waals surface area contributed by atoms with Crippen LogP contribution in [0.1, 0.15) is 18.4 Å². The number of anilines is 2. The van der Waals surface area contributed by atoms with Gasteiger partial charge in [0.1, 0.15) is 22.9 Å². The number of methoxy groups -OCH3 is 2. The number of carbonyl (C=O) groups is 2.